The van der Waals surface area contributed by atoms with Gasteiger partial charge >= 0.3 is 0 Å². The third-order valence-corrected chi connectivity index (χ3v) is 4.20. The zero-order valence-corrected chi connectivity index (χ0v) is 13.3. The summed E-state index contributed by atoms with van der Waals surface area (Å²) < 4.78 is 34.2. The van der Waals surface area contributed by atoms with Gasteiger partial charge in [-0.3, -0.25) is 4.79 Å². The number of imidazole rings is 1. The van der Waals surface area contributed by atoms with Crippen LogP contribution in [0.3, 0.4) is 0 Å². The highest BCUT2D eigenvalue weighted by atomic mass is 19.1. The maximum atomic E-state index is 13.6. The van der Waals surface area contributed by atoms with E-state index in [1.807, 2.05) is 11.6 Å². The van der Waals surface area contributed by atoms with Crippen molar-refractivity contribution < 1.29 is 18.3 Å². The minimum atomic E-state index is -0.704. The molecule has 5 nitrogen and oxygen atoms in total. The molecule has 1 aliphatic rings. The fourth-order valence-electron chi connectivity index (χ4n) is 2.93. The Morgan fingerprint density at radius 3 is 3.00 bits per heavy atom. The molecule has 1 aromatic heterocycles. The monoisotopic (exact) mass is 335 g/mol. The maximum absolute atomic E-state index is 13.6. The van der Waals surface area contributed by atoms with Gasteiger partial charge in [-0.05, 0) is 24.5 Å². The van der Waals surface area contributed by atoms with Gasteiger partial charge in [-0.25, -0.2) is 13.8 Å². The lowest BCUT2D eigenvalue weighted by atomic mass is 10.0. The summed E-state index contributed by atoms with van der Waals surface area (Å²) in [5.74, 6) is -1.64. The number of nitrogens with one attached hydrogen (secondary N) is 1. The molecule has 0 bridgehead atoms. The Hall–Kier alpha value is -2.28. The summed E-state index contributed by atoms with van der Waals surface area (Å²) in [6, 6.07) is 3.19. The second-order valence-corrected chi connectivity index (χ2v) is 5.99. The zero-order valence-electron chi connectivity index (χ0n) is 13.3. The minimum absolute atomic E-state index is 0.0466. The second kappa shape index (κ2) is 7.09. The number of hydrogen-bond donors (Lipinski definition) is 1. The van der Waals surface area contributed by atoms with E-state index < -0.39 is 11.6 Å². The van der Waals surface area contributed by atoms with Gasteiger partial charge in [-0.15, -0.1) is 0 Å². The van der Waals surface area contributed by atoms with Gasteiger partial charge in [0.1, 0.15) is 17.7 Å². The number of aromatic nitrogens is 2. The largest absolute Gasteiger partial charge is 0.372 e. The molecule has 2 aromatic rings. The topological polar surface area (TPSA) is 56.2 Å². The number of nitrogens with zero attached hydrogens (tertiary/aromatic N) is 2. The lowest BCUT2D eigenvalue weighted by Crippen LogP contribution is -2.40. The normalized spacial score (nSPS) is 20.8. The first-order chi connectivity index (χ1) is 11.5. The lowest BCUT2D eigenvalue weighted by molar-refractivity contribution is -0.122. The van der Waals surface area contributed by atoms with Crippen LogP contribution in [-0.4, -0.2) is 28.1 Å². The van der Waals surface area contributed by atoms with Crippen LogP contribution in [0.15, 0.2) is 30.7 Å². The molecule has 1 saturated heterocycles. The molecule has 1 fully saturated rings. The number of carbonyl (C=O) groups is 1. The van der Waals surface area contributed by atoms with Crippen molar-refractivity contribution in [2.24, 2.45) is 7.05 Å². The molecule has 0 radical (unpaired) electrons. The molecule has 7 heteroatoms. The summed E-state index contributed by atoms with van der Waals surface area (Å²) in [5, 5.41) is 2.91. The third-order valence-electron chi connectivity index (χ3n) is 4.20. The van der Waals surface area contributed by atoms with E-state index in [4.69, 9.17) is 4.74 Å². The van der Waals surface area contributed by atoms with E-state index >= 15 is 0 Å². The predicted octanol–water partition coefficient (Wildman–Crippen LogP) is 2.28. The quantitative estimate of drug-likeness (QED) is 0.933. The summed E-state index contributed by atoms with van der Waals surface area (Å²) in [7, 11) is 1.89. The number of amides is 1. The Balaban J connectivity index is 1.59. The van der Waals surface area contributed by atoms with Gasteiger partial charge in [0.05, 0.1) is 24.6 Å². The molecule has 0 spiro atoms. The number of benzene rings is 1. The molecule has 2 heterocycles. The molecule has 2 atom stereocenters. The number of hydrogen-bond acceptors (Lipinski definition) is 3. The average molecular weight is 335 g/mol. The van der Waals surface area contributed by atoms with Crippen molar-refractivity contribution >= 4 is 5.91 Å². The molecule has 1 amide bonds. The van der Waals surface area contributed by atoms with Crippen LogP contribution < -0.4 is 5.32 Å². The first-order valence-corrected chi connectivity index (χ1v) is 7.84. The molecule has 3 rings (SSSR count). The van der Waals surface area contributed by atoms with E-state index in [1.165, 1.54) is 6.07 Å². The SMILES string of the molecule is Cn1cncc1[C@H]1C[C@@H](NC(=O)Cc2ccc(F)cc2F)CCO1. The van der Waals surface area contributed by atoms with Gasteiger partial charge in [0.2, 0.25) is 5.91 Å². The molecule has 1 aromatic carbocycles. The average Bonchev–Trinajstić information content (AvgIpc) is 2.96. The van der Waals surface area contributed by atoms with Crippen LogP contribution in [-0.2, 0) is 23.0 Å². The first kappa shape index (κ1) is 16.6. The van der Waals surface area contributed by atoms with Gasteiger partial charge in [0, 0.05) is 25.8 Å². The maximum Gasteiger partial charge on any atom is 0.224 e. The number of aryl methyl sites for hydroxylation is 1. The molecular weight excluding hydrogens is 316 g/mol. The van der Waals surface area contributed by atoms with Crippen molar-refractivity contribution in [3.8, 4) is 0 Å². The van der Waals surface area contributed by atoms with Crippen LogP contribution in [0.1, 0.15) is 30.2 Å². The van der Waals surface area contributed by atoms with Crippen molar-refractivity contribution in [3.05, 3.63) is 53.6 Å². The highest BCUT2D eigenvalue weighted by Crippen LogP contribution is 2.27. The molecule has 0 aliphatic carbocycles. The summed E-state index contributed by atoms with van der Waals surface area (Å²) >= 11 is 0. The number of ether oxygens (including phenoxy) is 1. The number of halogens is 2. The highest BCUT2D eigenvalue weighted by Gasteiger charge is 2.27. The molecular formula is C17H19F2N3O2. The second-order valence-electron chi connectivity index (χ2n) is 5.99. The molecule has 0 unspecified atom stereocenters. The third kappa shape index (κ3) is 3.79. The molecule has 0 saturated carbocycles. The van der Waals surface area contributed by atoms with Gasteiger partial charge in [-0.1, -0.05) is 6.07 Å². The summed E-state index contributed by atoms with van der Waals surface area (Å²) in [4.78, 5) is 16.2. The van der Waals surface area contributed by atoms with E-state index in [0.717, 1.165) is 17.8 Å². The van der Waals surface area contributed by atoms with Crippen LogP contribution >= 0.6 is 0 Å². The smallest absolute Gasteiger partial charge is 0.224 e. The fourth-order valence-corrected chi connectivity index (χ4v) is 2.93. The van der Waals surface area contributed by atoms with Crippen molar-refractivity contribution in [2.75, 3.05) is 6.61 Å². The molecule has 128 valence electrons. The molecule has 24 heavy (non-hydrogen) atoms. The first-order valence-electron chi connectivity index (χ1n) is 7.84. The zero-order chi connectivity index (χ0) is 17.1. The van der Waals surface area contributed by atoms with Crippen molar-refractivity contribution in [2.45, 2.75) is 31.4 Å². The van der Waals surface area contributed by atoms with E-state index in [2.05, 4.69) is 10.3 Å². The van der Waals surface area contributed by atoms with Gasteiger partial charge in [0.15, 0.2) is 0 Å². The molecule has 1 N–H and O–H groups in total. The van der Waals surface area contributed by atoms with Gasteiger partial charge in [-0.2, -0.15) is 0 Å². The van der Waals surface area contributed by atoms with E-state index in [1.54, 1.807) is 12.5 Å². The Morgan fingerprint density at radius 2 is 2.29 bits per heavy atom. The van der Waals surface area contributed by atoms with Crippen molar-refractivity contribution in [3.63, 3.8) is 0 Å². The Morgan fingerprint density at radius 1 is 1.46 bits per heavy atom. The number of rotatable bonds is 4. The van der Waals surface area contributed by atoms with Crippen LogP contribution in [0.25, 0.3) is 0 Å². The lowest BCUT2D eigenvalue weighted by Gasteiger charge is -2.30. The standard InChI is InChI=1S/C17H19F2N3O2/c1-22-10-20-9-15(22)16-8-13(4-5-24-16)21-17(23)6-11-2-3-12(18)7-14(11)19/h2-3,7,9-10,13,16H,4-6,8H2,1H3,(H,21,23)/t13-,16+/m0/s1. The summed E-state index contributed by atoms with van der Waals surface area (Å²) in [6.07, 6.45) is 4.56. The Kier molecular flexibility index (Phi) is 4.89. The van der Waals surface area contributed by atoms with Crippen molar-refractivity contribution in [1.29, 1.82) is 0 Å². The minimum Gasteiger partial charge on any atom is -0.372 e. The van der Waals surface area contributed by atoms with Crippen LogP contribution in [0, 0.1) is 11.6 Å². The summed E-state index contributed by atoms with van der Waals surface area (Å²) in [6.45, 7) is 0.533. The Bertz CT molecular complexity index is 732. The highest BCUT2D eigenvalue weighted by molar-refractivity contribution is 5.78. The van der Waals surface area contributed by atoms with E-state index in [9.17, 15) is 13.6 Å². The predicted molar refractivity (Wildman–Crippen MR) is 83.1 cm³/mol. The van der Waals surface area contributed by atoms with Crippen LogP contribution in [0.2, 0.25) is 0 Å². The van der Waals surface area contributed by atoms with Crippen LogP contribution in [0.5, 0.6) is 0 Å². The van der Waals surface area contributed by atoms with E-state index in [0.29, 0.717) is 19.4 Å². The van der Waals surface area contributed by atoms with E-state index in [-0.39, 0.29) is 30.0 Å². The fraction of sp³-hybridized carbons (Fsp3) is 0.412. The van der Waals surface area contributed by atoms with Gasteiger partial charge < -0.3 is 14.6 Å². The Labute approximate surface area is 138 Å². The number of carbonyl (C=O) groups excluding carboxylic acids is 1. The summed E-state index contributed by atoms with van der Waals surface area (Å²) in [5.41, 5.74) is 1.14. The molecule has 1 aliphatic heterocycles. The van der Waals surface area contributed by atoms with Gasteiger partial charge in [0.25, 0.3) is 0 Å². The van der Waals surface area contributed by atoms with Crippen LogP contribution in [0.4, 0.5) is 8.78 Å². The van der Waals surface area contributed by atoms with Crippen molar-refractivity contribution in [1.82, 2.24) is 14.9 Å².